The van der Waals surface area contributed by atoms with Crippen LogP contribution in [0.3, 0.4) is 0 Å². The second-order valence-corrected chi connectivity index (χ2v) is 6.33. The number of rotatable bonds is 4. The summed E-state index contributed by atoms with van der Waals surface area (Å²) in [4.78, 5) is 11.7. The molecule has 0 aliphatic carbocycles. The molecule has 0 atom stereocenters. The summed E-state index contributed by atoms with van der Waals surface area (Å²) in [5.41, 5.74) is 3.37. The number of aromatic nitrogens is 2. The van der Waals surface area contributed by atoms with Crippen molar-refractivity contribution in [2.75, 3.05) is 12.4 Å². The Balaban J connectivity index is 1.76. The lowest BCUT2D eigenvalue weighted by Gasteiger charge is -2.11. The van der Waals surface area contributed by atoms with Gasteiger partial charge in [-0.1, -0.05) is 42.5 Å². The largest absolute Gasteiger partial charge is 0.465 e. The van der Waals surface area contributed by atoms with Crippen LogP contribution in [0.15, 0.2) is 72.8 Å². The summed E-state index contributed by atoms with van der Waals surface area (Å²) in [6.45, 7) is 0. The van der Waals surface area contributed by atoms with Crippen molar-refractivity contribution in [1.82, 2.24) is 10.2 Å². The van der Waals surface area contributed by atoms with E-state index in [0.717, 1.165) is 22.0 Å². The molecule has 3 aromatic carbocycles. The number of nitrogens with one attached hydrogen (secondary N) is 1. The minimum atomic E-state index is -0.383. The molecule has 0 saturated heterocycles. The fourth-order valence-corrected chi connectivity index (χ4v) is 3.09. The van der Waals surface area contributed by atoms with Crippen LogP contribution in [0.4, 0.5) is 11.5 Å². The van der Waals surface area contributed by atoms with Crippen LogP contribution in [0.25, 0.3) is 22.0 Å². The van der Waals surface area contributed by atoms with Crippen LogP contribution < -0.4 is 5.32 Å². The van der Waals surface area contributed by atoms with Crippen molar-refractivity contribution < 1.29 is 9.53 Å². The zero-order valence-corrected chi connectivity index (χ0v) is 15.6. The SMILES string of the molecule is COC(=O)c1ccc(-c2nnc(Nc3cccc(C#N)c3)c3ccccc23)cc1. The van der Waals surface area contributed by atoms with Crippen molar-refractivity contribution in [3.8, 4) is 17.3 Å². The third kappa shape index (κ3) is 3.62. The number of carbonyl (C=O) groups excluding carboxylic acids is 1. The lowest BCUT2D eigenvalue weighted by atomic mass is 10.0. The summed E-state index contributed by atoms with van der Waals surface area (Å²) in [6.07, 6.45) is 0. The summed E-state index contributed by atoms with van der Waals surface area (Å²) in [6, 6.07) is 24.2. The Morgan fingerprint density at radius 1 is 0.966 bits per heavy atom. The molecule has 0 aliphatic heterocycles. The Kier molecular flexibility index (Phi) is 4.87. The van der Waals surface area contributed by atoms with E-state index in [1.165, 1.54) is 7.11 Å². The Labute approximate surface area is 167 Å². The van der Waals surface area contributed by atoms with Gasteiger partial charge in [0.1, 0.15) is 5.69 Å². The Hall–Kier alpha value is -4.24. The molecule has 1 aromatic heterocycles. The number of nitriles is 1. The number of carbonyl (C=O) groups is 1. The van der Waals surface area contributed by atoms with E-state index in [-0.39, 0.29) is 5.97 Å². The average Bonchev–Trinajstić information content (AvgIpc) is 2.79. The molecule has 6 nitrogen and oxygen atoms in total. The van der Waals surface area contributed by atoms with Gasteiger partial charge >= 0.3 is 5.97 Å². The lowest BCUT2D eigenvalue weighted by molar-refractivity contribution is 0.0601. The minimum Gasteiger partial charge on any atom is -0.465 e. The van der Waals surface area contributed by atoms with Gasteiger partial charge in [0.2, 0.25) is 0 Å². The maximum absolute atomic E-state index is 11.7. The highest BCUT2D eigenvalue weighted by Gasteiger charge is 2.12. The first kappa shape index (κ1) is 18.1. The van der Waals surface area contributed by atoms with Gasteiger partial charge in [-0.25, -0.2) is 4.79 Å². The van der Waals surface area contributed by atoms with Crippen molar-refractivity contribution in [2.45, 2.75) is 0 Å². The summed E-state index contributed by atoms with van der Waals surface area (Å²) in [7, 11) is 1.35. The normalized spacial score (nSPS) is 10.3. The average molecular weight is 380 g/mol. The van der Waals surface area contributed by atoms with Crippen molar-refractivity contribution in [3.63, 3.8) is 0 Å². The van der Waals surface area contributed by atoms with Gasteiger partial charge in [0, 0.05) is 22.0 Å². The monoisotopic (exact) mass is 380 g/mol. The van der Waals surface area contributed by atoms with E-state index in [2.05, 4.69) is 21.6 Å². The molecule has 0 amide bonds. The number of fused-ring (bicyclic) bond motifs is 1. The summed E-state index contributed by atoms with van der Waals surface area (Å²) >= 11 is 0. The van der Waals surface area contributed by atoms with Crippen molar-refractivity contribution in [2.24, 2.45) is 0 Å². The maximum Gasteiger partial charge on any atom is 0.337 e. The molecular weight excluding hydrogens is 364 g/mol. The van der Waals surface area contributed by atoms with Crippen molar-refractivity contribution in [3.05, 3.63) is 83.9 Å². The number of esters is 1. The number of methoxy groups -OCH3 is 1. The van der Waals surface area contributed by atoms with E-state index in [0.29, 0.717) is 22.6 Å². The zero-order chi connectivity index (χ0) is 20.2. The Morgan fingerprint density at radius 2 is 1.72 bits per heavy atom. The topological polar surface area (TPSA) is 87.9 Å². The second kappa shape index (κ2) is 7.79. The van der Waals surface area contributed by atoms with Gasteiger partial charge in [-0.05, 0) is 30.3 Å². The molecule has 0 aliphatic rings. The van der Waals surface area contributed by atoms with Gasteiger partial charge in [0.15, 0.2) is 5.82 Å². The quantitative estimate of drug-likeness (QED) is 0.516. The number of hydrogen-bond donors (Lipinski definition) is 1. The molecular formula is C23H16N4O2. The standard InChI is InChI=1S/C23H16N4O2/c1-29-23(28)17-11-9-16(10-12-17)21-19-7-2-3-8-20(19)22(27-26-21)25-18-6-4-5-15(13-18)14-24/h2-13H,1H3,(H,25,27). The highest BCUT2D eigenvalue weighted by atomic mass is 16.5. The summed E-state index contributed by atoms with van der Waals surface area (Å²) < 4.78 is 4.75. The van der Waals surface area contributed by atoms with Gasteiger partial charge in [0.05, 0.1) is 24.3 Å². The van der Waals surface area contributed by atoms with Crippen LogP contribution in [0.2, 0.25) is 0 Å². The predicted molar refractivity (Wildman–Crippen MR) is 111 cm³/mol. The van der Waals surface area contributed by atoms with Crippen LogP contribution >= 0.6 is 0 Å². The zero-order valence-electron chi connectivity index (χ0n) is 15.6. The van der Waals surface area contributed by atoms with Crippen LogP contribution in [-0.2, 0) is 4.74 Å². The van der Waals surface area contributed by atoms with E-state index in [1.54, 1.807) is 24.3 Å². The molecule has 4 aromatic rings. The molecule has 29 heavy (non-hydrogen) atoms. The van der Waals surface area contributed by atoms with Gasteiger partial charge < -0.3 is 10.1 Å². The molecule has 6 heteroatoms. The third-order valence-corrected chi connectivity index (χ3v) is 4.52. The van der Waals surface area contributed by atoms with E-state index < -0.39 is 0 Å². The highest BCUT2D eigenvalue weighted by molar-refractivity contribution is 6.01. The highest BCUT2D eigenvalue weighted by Crippen LogP contribution is 2.31. The molecule has 0 radical (unpaired) electrons. The van der Waals surface area contributed by atoms with E-state index in [4.69, 9.17) is 10.00 Å². The van der Waals surface area contributed by atoms with Gasteiger partial charge in [-0.15, -0.1) is 10.2 Å². The summed E-state index contributed by atoms with van der Waals surface area (Å²) in [5, 5.41) is 23.0. The third-order valence-electron chi connectivity index (χ3n) is 4.52. The number of benzene rings is 3. The second-order valence-electron chi connectivity index (χ2n) is 6.33. The van der Waals surface area contributed by atoms with E-state index in [1.807, 2.05) is 48.5 Å². The number of ether oxygens (including phenoxy) is 1. The van der Waals surface area contributed by atoms with Gasteiger partial charge in [-0.3, -0.25) is 0 Å². The predicted octanol–water partition coefficient (Wildman–Crippen LogP) is 4.70. The smallest absolute Gasteiger partial charge is 0.337 e. The molecule has 1 N–H and O–H groups in total. The molecule has 0 fully saturated rings. The molecule has 0 spiro atoms. The first-order chi connectivity index (χ1) is 14.2. The first-order valence-corrected chi connectivity index (χ1v) is 8.91. The van der Waals surface area contributed by atoms with Crippen molar-refractivity contribution in [1.29, 1.82) is 5.26 Å². The molecule has 0 bridgehead atoms. The fraction of sp³-hybridized carbons (Fsp3) is 0.0435. The molecule has 1 heterocycles. The minimum absolute atomic E-state index is 0.383. The Morgan fingerprint density at radius 3 is 2.45 bits per heavy atom. The van der Waals surface area contributed by atoms with Crippen LogP contribution in [0.1, 0.15) is 15.9 Å². The lowest BCUT2D eigenvalue weighted by Crippen LogP contribution is -2.01. The fourth-order valence-electron chi connectivity index (χ4n) is 3.09. The molecule has 0 unspecified atom stereocenters. The van der Waals surface area contributed by atoms with Crippen LogP contribution in [0.5, 0.6) is 0 Å². The Bertz CT molecular complexity index is 1240. The maximum atomic E-state index is 11.7. The van der Waals surface area contributed by atoms with Crippen LogP contribution in [0, 0.1) is 11.3 Å². The molecule has 4 rings (SSSR count). The number of hydrogen-bond acceptors (Lipinski definition) is 6. The van der Waals surface area contributed by atoms with Gasteiger partial charge in [0.25, 0.3) is 0 Å². The van der Waals surface area contributed by atoms with Crippen LogP contribution in [-0.4, -0.2) is 23.3 Å². The van der Waals surface area contributed by atoms with E-state index >= 15 is 0 Å². The summed E-state index contributed by atoms with van der Waals surface area (Å²) in [5.74, 6) is 0.220. The molecule has 140 valence electrons. The van der Waals surface area contributed by atoms with Gasteiger partial charge in [-0.2, -0.15) is 5.26 Å². The first-order valence-electron chi connectivity index (χ1n) is 8.91. The number of nitrogens with zero attached hydrogens (tertiary/aromatic N) is 3. The number of anilines is 2. The van der Waals surface area contributed by atoms with E-state index in [9.17, 15) is 4.79 Å². The van der Waals surface area contributed by atoms with Crippen molar-refractivity contribution >= 4 is 28.2 Å². The molecule has 0 saturated carbocycles.